The van der Waals surface area contributed by atoms with Crippen molar-refractivity contribution in [3.63, 3.8) is 0 Å². The van der Waals surface area contributed by atoms with E-state index in [2.05, 4.69) is 38.3 Å². The molecule has 0 rings (SSSR count). The summed E-state index contributed by atoms with van der Waals surface area (Å²) >= 11 is 0. The molecule has 2 N–H and O–H groups in total. The number of amides is 1. The van der Waals surface area contributed by atoms with Gasteiger partial charge >= 0.3 is 0 Å². The van der Waals surface area contributed by atoms with Crippen molar-refractivity contribution < 1.29 is 4.79 Å². The van der Waals surface area contributed by atoms with Crippen LogP contribution < -0.4 is 10.6 Å². The molecule has 0 aliphatic rings. The third-order valence-electron chi connectivity index (χ3n) is 3.06. The van der Waals surface area contributed by atoms with E-state index in [0.717, 1.165) is 18.9 Å². The molecule has 1 atom stereocenters. The van der Waals surface area contributed by atoms with Gasteiger partial charge in [-0.15, -0.1) is 0 Å². The monoisotopic (exact) mass is 242 g/mol. The quantitative estimate of drug-likeness (QED) is 0.610. The van der Waals surface area contributed by atoms with E-state index in [9.17, 15) is 4.79 Å². The fraction of sp³-hybridized carbons (Fsp3) is 0.929. The van der Waals surface area contributed by atoms with Crippen LogP contribution in [-0.2, 0) is 4.79 Å². The highest BCUT2D eigenvalue weighted by molar-refractivity contribution is 5.78. The number of rotatable bonds is 9. The molecule has 0 aromatic carbocycles. The highest BCUT2D eigenvalue weighted by Gasteiger charge is 2.09. The molecule has 0 bridgehead atoms. The summed E-state index contributed by atoms with van der Waals surface area (Å²) in [6, 6.07) is 0.255. The first kappa shape index (κ1) is 16.4. The lowest BCUT2D eigenvalue weighted by Crippen LogP contribution is -2.41. The third kappa shape index (κ3) is 10.3. The molecule has 0 heterocycles. The van der Waals surface area contributed by atoms with Gasteiger partial charge in [0.05, 0.1) is 6.54 Å². The Kier molecular flexibility index (Phi) is 9.14. The first-order valence-corrected chi connectivity index (χ1v) is 6.93. The zero-order chi connectivity index (χ0) is 13.3. The van der Waals surface area contributed by atoms with Crippen molar-refractivity contribution >= 4 is 5.91 Å². The molecule has 17 heavy (non-hydrogen) atoms. The van der Waals surface area contributed by atoms with Gasteiger partial charge in [-0.3, -0.25) is 4.79 Å². The van der Waals surface area contributed by atoms with Crippen molar-refractivity contribution in [2.45, 2.75) is 59.9 Å². The van der Waals surface area contributed by atoms with Gasteiger partial charge in [0.25, 0.3) is 0 Å². The smallest absolute Gasteiger partial charge is 0.234 e. The Morgan fingerprint density at radius 2 is 1.71 bits per heavy atom. The molecule has 0 aliphatic heterocycles. The number of nitrogens with one attached hydrogen (secondary N) is 2. The average molecular weight is 242 g/mol. The molecule has 0 aromatic rings. The van der Waals surface area contributed by atoms with E-state index in [0.29, 0.717) is 12.5 Å². The molecule has 1 unspecified atom stereocenters. The second-order valence-corrected chi connectivity index (χ2v) is 5.67. The van der Waals surface area contributed by atoms with E-state index in [1.807, 2.05) is 6.92 Å². The van der Waals surface area contributed by atoms with Crippen molar-refractivity contribution in [1.82, 2.24) is 10.6 Å². The Hall–Kier alpha value is -0.570. The van der Waals surface area contributed by atoms with Crippen LogP contribution in [0.2, 0.25) is 0 Å². The van der Waals surface area contributed by atoms with E-state index in [1.165, 1.54) is 12.8 Å². The van der Waals surface area contributed by atoms with Crippen LogP contribution in [0.15, 0.2) is 0 Å². The van der Waals surface area contributed by atoms with Crippen LogP contribution in [0.25, 0.3) is 0 Å². The van der Waals surface area contributed by atoms with Crippen LogP contribution in [0.1, 0.15) is 53.9 Å². The summed E-state index contributed by atoms with van der Waals surface area (Å²) in [4.78, 5) is 11.5. The van der Waals surface area contributed by atoms with Gasteiger partial charge in [0, 0.05) is 6.04 Å². The van der Waals surface area contributed by atoms with E-state index < -0.39 is 0 Å². The molecule has 0 radical (unpaired) electrons. The zero-order valence-corrected chi connectivity index (χ0v) is 12.2. The van der Waals surface area contributed by atoms with Gasteiger partial charge in [-0.2, -0.15) is 0 Å². The molecule has 3 heteroatoms. The number of hydrogen-bond donors (Lipinski definition) is 2. The number of carbonyl (C=O) groups is 1. The fourth-order valence-electron chi connectivity index (χ4n) is 1.48. The standard InChI is InChI=1S/C14H30N2O/c1-11(2)8-6-7-9-15-10-14(17)16-13(5)12(3)4/h11-13,15H,6-10H2,1-5H3,(H,16,17). The molecule has 102 valence electrons. The molecule has 1 amide bonds. The largest absolute Gasteiger partial charge is 0.352 e. The maximum atomic E-state index is 11.5. The van der Waals surface area contributed by atoms with Crippen LogP contribution in [0.3, 0.4) is 0 Å². The van der Waals surface area contributed by atoms with Crippen molar-refractivity contribution in [1.29, 1.82) is 0 Å². The van der Waals surface area contributed by atoms with Crippen LogP contribution in [0.5, 0.6) is 0 Å². The first-order chi connectivity index (χ1) is 7.93. The second kappa shape index (κ2) is 9.46. The molecule has 3 nitrogen and oxygen atoms in total. The Morgan fingerprint density at radius 3 is 2.24 bits per heavy atom. The Morgan fingerprint density at radius 1 is 1.06 bits per heavy atom. The van der Waals surface area contributed by atoms with E-state index in [4.69, 9.17) is 0 Å². The summed E-state index contributed by atoms with van der Waals surface area (Å²) < 4.78 is 0. The summed E-state index contributed by atoms with van der Waals surface area (Å²) in [7, 11) is 0. The van der Waals surface area contributed by atoms with Crippen molar-refractivity contribution in [3.8, 4) is 0 Å². The maximum Gasteiger partial charge on any atom is 0.234 e. The Balaban J connectivity index is 3.39. The van der Waals surface area contributed by atoms with Crippen LogP contribution in [0, 0.1) is 11.8 Å². The van der Waals surface area contributed by atoms with E-state index in [-0.39, 0.29) is 11.9 Å². The highest BCUT2D eigenvalue weighted by atomic mass is 16.1. The van der Waals surface area contributed by atoms with Crippen molar-refractivity contribution in [2.75, 3.05) is 13.1 Å². The minimum absolute atomic E-state index is 0.107. The van der Waals surface area contributed by atoms with Gasteiger partial charge in [0.15, 0.2) is 0 Å². The summed E-state index contributed by atoms with van der Waals surface area (Å²) in [6.07, 6.45) is 3.68. The van der Waals surface area contributed by atoms with Gasteiger partial charge in [-0.05, 0) is 31.7 Å². The normalized spacial score (nSPS) is 13.1. The van der Waals surface area contributed by atoms with Crippen LogP contribution >= 0.6 is 0 Å². The molecular weight excluding hydrogens is 212 g/mol. The summed E-state index contributed by atoms with van der Waals surface area (Å²) in [5, 5.41) is 6.18. The lowest BCUT2D eigenvalue weighted by Gasteiger charge is -2.17. The summed E-state index contributed by atoms with van der Waals surface area (Å²) in [5.41, 5.74) is 0. The van der Waals surface area contributed by atoms with Crippen molar-refractivity contribution in [3.05, 3.63) is 0 Å². The lowest BCUT2D eigenvalue weighted by atomic mass is 10.1. The van der Waals surface area contributed by atoms with Crippen LogP contribution in [-0.4, -0.2) is 25.0 Å². The van der Waals surface area contributed by atoms with Crippen LogP contribution in [0.4, 0.5) is 0 Å². The zero-order valence-electron chi connectivity index (χ0n) is 12.2. The SMILES string of the molecule is CC(C)CCCCNCC(=O)NC(C)C(C)C. The maximum absolute atomic E-state index is 11.5. The molecule has 0 saturated carbocycles. The van der Waals surface area contributed by atoms with Gasteiger partial charge in [-0.25, -0.2) is 0 Å². The van der Waals surface area contributed by atoms with Gasteiger partial charge in [0.2, 0.25) is 5.91 Å². The number of hydrogen-bond acceptors (Lipinski definition) is 2. The lowest BCUT2D eigenvalue weighted by molar-refractivity contribution is -0.121. The van der Waals surface area contributed by atoms with Gasteiger partial charge in [-0.1, -0.05) is 40.5 Å². The van der Waals surface area contributed by atoms with Gasteiger partial charge in [0.1, 0.15) is 0 Å². The first-order valence-electron chi connectivity index (χ1n) is 6.93. The predicted octanol–water partition coefficient (Wildman–Crippen LogP) is 2.56. The van der Waals surface area contributed by atoms with E-state index in [1.54, 1.807) is 0 Å². The minimum Gasteiger partial charge on any atom is -0.352 e. The Bertz CT molecular complexity index is 202. The average Bonchev–Trinajstić information content (AvgIpc) is 2.22. The molecule has 0 aliphatic carbocycles. The summed E-state index contributed by atoms with van der Waals surface area (Å²) in [5.74, 6) is 1.38. The van der Waals surface area contributed by atoms with Crippen molar-refractivity contribution in [2.24, 2.45) is 11.8 Å². The predicted molar refractivity (Wildman–Crippen MR) is 74.0 cm³/mol. The minimum atomic E-state index is 0.107. The summed E-state index contributed by atoms with van der Waals surface area (Å²) in [6.45, 7) is 12.1. The third-order valence-corrected chi connectivity index (χ3v) is 3.06. The second-order valence-electron chi connectivity index (χ2n) is 5.67. The molecule has 0 fully saturated rings. The number of carbonyl (C=O) groups excluding carboxylic acids is 1. The molecule has 0 spiro atoms. The molecular formula is C14H30N2O. The van der Waals surface area contributed by atoms with E-state index >= 15 is 0 Å². The fourth-order valence-corrected chi connectivity index (χ4v) is 1.48. The topological polar surface area (TPSA) is 41.1 Å². The Labute approximate surface area is 107 Å². The highest BCUT2D eigenvalue weighted by Crippen LogP contribution is 2.04. The molecule has 0 aromatic heterocycles. The molecule has 0 saturated heterocycles. The number of unbranched alkanes of at least 4 members (excludes halogenated alkanes) is 1. The van der Waals surface area contributed by atoms with Gasteiger partial charge < -0.3 is 10.6 Å².